The van der Waals surface area contributed by atoms with Gasteiger partial charge in [-0.3, -0.25) is 9.59 Å². The zero-order valence-corrected chi connectivity index (χ0v) is 17.9. The third-order valence-electron chi connectivity index (χ3n) is 5.71. The molecule has 2 amide bonds. The minimum atomic E-state index is -0.329. The molecule has 2 aliphatic heterocycles. The van der Waals surface area contributed by atoms with Crippen molar-refractivity contribution in [1.29, 1.82) is 0 Å². The first kappa shape index (κ1) is 21.1. The zero-order valence-electron chi connectivity index (χ0n) is 17.9. The van der Waals surface area contributed by atoms with Gasteiger partial charge in [0, 0.05) is 18.7 Å². The number of carbonyl (C=O) groups excluding carboxylic acids is 2. The van der Waals surface area contributed by atoms with Crippen molar-refractivity contribution in [1.82, 2.24) is 10.2 Å². The normalized spacial score (nSPS) is 20.0. The maximum atomic E-state index is 12.5. The van der Waals surface area contributed by atoms with Crippen LogP contribution in [0.25, 0.3) is 6.08 Å². The second-order valence-electron chi connectivity index (χ2n) is 8.34. The van der Waals surface area contributed by atoms with E-state index in [1.165, 1.54) is 12.8 Å². The number of hydrogen-bond acceptors (Lipinski definition) is 4. The Hall–Kier alpha value is -3.12. The van der Waals surface area contributed by atoms with Crippen LogP contribution in [0.4, 0.5) is 5.69 Å². The van der Waals surface area contributed by atoms with Crippen molar-refractivity contribution in [2.45, 2.75) is 26.2 Å². The molecule has 2 aromatic carbocycles. The highest BCUT2D eigenvalue weighted by molar-refractivity contribution is 6.09. The Balaban J connectivity index is 1.32. The van der Waals surface area contributed by atoms with Crippen LogP contribution in [0.2, 0.25) is 0 Å². The van der Waals surface area contributed by atoms with Gasteiger partial charge in [-0.05, 0) is 68.1 Å². The summed E-state index contributed by atoms with van der Waals surface area (Å²) < 4.78 is 5.77. The van der Waals surface area contributed by atoms with E-state index in [1.54, 1.807) is 24.3 Å². The number of likely N-dealkylation sites (tertiary alicyclic amines) is 1. The highest BCUT2D eigenvalue weighted by atomic mass is 16.5. The van der Waals surface area contributed by atoms with Gasteiger partial charge in [-0.25, -0.2) is 0 Å². The van der Waals surface area contributed by atoms with Crippen molar-refractivity contribution in [3.63, 3.8) is 0 Å². The number of nitrogens with zero attached hydrogens (tertiary/aromatic N) is 1. The minimum absolute atomic E-state index is 0.144. The lowest BCUT2D eigenvalue weighted by Gasteiger charge is -2.30. The van der Waals surface area contributed by atoms with Crippen LogP contribution >= 0.6 is 0 Å². The Bertz CT molecular complexity index is 971. The molecular formula is C25H29N3O3. The lowest BCUT2D eigenvalue weighted by Crippen LogP contribution is -2.36. The van der Waals surface area contributed by atoms with Crippen molar-refractivity contribution in [3.05, 3.63) is 65.4 Å². The lowest BCUT2D eigenvalue weighted by molar-refractivity contribution is -0.115. The van der Waals surface area contributed by atoms with Crippen LogP contribution in [-0.4, -0.2) is 42.9 Å². The van der Waals surface area contributed by atoms with Gasteiger partial charge in [0.25, 0.3) is 11.8 Å². The van der Waals surface area contributed by atoms with Crippen LogP contribution in [0.5, 0.6) is 5.75 Å². The summed E-state index contributed by atoms with van der Waals surface area (Å²) in [5, 5.41) is 5.80. The van der Waals surface area contributed by atoms with E-state index in [9.17, 15) is 9.59 Å². The number of fused-ring (bicyclic) bond motifs is 1. The fourth-order valence-corrected chi connectivity index (χ4v) is 4.10. The average molecular weight is 420 g/mol. The molecule has 1 fully saturated rings. The first-order chi connectivity index (χ1) is 15.1. The number of hydrogen-bond donors (Lipinski definition) is 2. The third-order valence-corrected chi connectivity index (χ3v) is 5.71. The molecule has 0 saturated carbocycles. The van der Waals surface area contributed by atoms with Crippen LogP contribution < -0.4 is 15.4 Å². The first-order valence-corrected chi connectivity index (χ1v) is 11.0. The van der Waals surface area contributed by atoms with E-state index in [0.717, 1.165) is 37.5 Å². The molecule has 6 nitrogen and oxygen atoms in total. The van der Waals surface area contributed by atoms with Crippen molar-refractivity contribution in [2.75, 3.05) is 31.5 Å². The summed E-state index contributed by atoms with van der Waals surface area (Å²) in [4.78, 5) is 27.4. The molecule has 2 aliphatic rings. The first-order valence-electron chi connectivity index (χ1n) is 11.0. The summed E-state index contributed by atoms with van der Waals surface area (Å²) in [6.45, 7) is 6.25. The van der Waals surface area contributed by atoms with Gasteiger partial charge < -0.3 is 20.3 Å². The SMILES string of the molecule is C[C@@H]1CCCN(CCCNC(=O)c2ccc3c(c2)NC(=O)/C(=C\c2ccccc2)O3)C1. The molecule has 2 N–H and O–H groups in total. The van der Waals surface area contributed by atoms with E-state index in [4.69, 9.17) is 4.74 Å². The number of piperidine rings is 1. The predicted octanol–water partition coefficient (Wildman–Crippen LogP) is 3.91. The predicted molar refractivity (Wildman–Crippen MR) is 122 cm³/mol. The van der Waals surface area contributed by atoms with Gasteiger partial charge in [-0.2, -0.15) is 0 Å². The number of carbonyl (C=O) groups is 2. The van der Waals surface area contributed by atoms with E-state index < -0.39 is 0 Å². The van der Waals surface area contributed by atoms with E-state index >= 15 is 0 Å². The van der Waals surface area contributed by atoms with E-state index in [1.807, 2.05) is 30.3 Å². The Morgan fingerprint density at radius 3 is 2.90 bits per heavy atom. The molecule has 4 rings (SSSR count). The number of amides is 2. The molecule has 162 valence electrons. The molecule has 2 heterocycles. The standard InChI is InChI=1S/C25H29N3O3/c1-18-7-5-13-28(17-18)14-6-12-26-24(29)20-10-11-22-21(16-20)27-25(30)23(31-22)15-19-8-3-2-4-9-19/h2-4,8-11,15-16,18H,5-7,12-14,17H2,1H3,(H,26,29)(H,27,30)/b23-15+/t18-/m1/s1. The molecule has 6 heteroatoms. The summed E-state index contributed by atoms with van der Waals surface area (Å²) in [5.41, 5.74) is 1.89. The average Bonchev–Trinajstić information content (AvgIpc) is 2.77. The fourth-order valence-electron chi connectivity index (χ4n) is 4.10. The summed E-state index contributed by atoms with van der Waals surface area (Å²) in [5.74, 6) is 1.04. The zero-order chi connectivity index (χ0) is 21.6. The summed E-state index contributed by atoms with van der Waals surface area (Å²) in [6.07, 6.45) is 5.20. The smallest absolute Gasteiger partial charge is 0.291 e. The Morgan fingerprint density at radius 1 is 1.26 bits per heavy atom. The molecule has 0 unspecified atom stereocenters. The number of anilines is 1. The molecular weight excluding hydrogens is 390 g/mol. The second-order valence-corrected chi connectivity index (χ2v) is 8.34. The van der Waals surface area contributed by atoms with Crippen molar-refractivity contribution >= 4 is 23.6 Å². The highest BCUT2D eigenvalue weighted by Gasteiger charge is 2.23. The molecule has 2 aromatic rings. The van der Waals surface area contributed by atoms with Crippen LogP contribution in [0.1, 0.15) is 42.1 Å². The van der Waals surface area contributed by atoms with Crippen LogP contribution in [-0.2, 0) is 4.79 Å². The van der Waals surface area contributed by atoms with Gasteiger partial charge in [0.2, 0.25) is 0 Å². The van der Waals surface area contributed by atoms with Crippen LogP contribution in [0.15, 0.2) is 54.3 Å². The molecule has 0 spiro atoms. The Morgan fingerprint density at radius 2 is 2.10 bits per heavy atom. The topological polar surface area (TPSA) is 70.7 Å². The summed E-state index contributed by atoms with van der Waals surface area (Å²) in [6, 6.07) is 14.6. The number of nitrogens with one attached hydrogen (secondary N) is 2. The Labute approximate surface area is 183 Å². The molecule has 0 aromatic heterocycles. The van der Waals surface area contributed by atoms with Gasteiger partial charge in [0.1, 0.15) is 0 Å². The minimum Gasteiger partial charge on any atom is -0.449 e. The fraction of sp³-hybridized carbons (Fsp3) is 0.360. The molecule has 1 saturated heterocycles. The number of ether oxygens (including phenoxy) is 1. The molecule has 0 radical (unpaired) electrons. The summed E-state index contributed by atoms with van der Waals surface area (Å²) in [7, 11) is 0. The lowest BCUT2D eigenvalue weighted by atomic mass is 10.0. The molecule has 0 bridgehead atoms. The van der Waals surface area contributed by atoms with Crippen molar-refractivity contribution < 1.29 is 14.3 Å². The van der Waals surface area contributed by atoms with Gasteiger partial charge >= 0.3 is 0 Å². The maximum Gasteiger partial charge on any atom is 0.291 e. The van der Waals surface area contributed by atoms with Crippen molar-refractivity contribution in [2.24, 2.45) is 5.92 Å². The van der Waals surface area contributed by atoms with Gasteiger partial charge in [-0.15, -0.1) is 0 Å². The van der Waals surface area contributed by atoms with Gasteiger partial charge in [0.15, 0.2) is 11.5 Å². The van der Waals surface area contributed by atoms with Crippen LogP contribution in [0.3, 0.4) is 0 Å². The molecule has 0 aliphatic carbocycles. The van der Waals surface area contributed by atoms with Gasteiger partial charge in [-0.1, -0.05) is 37.3 Å². The molecule has 31 heavy (non-hydrogen) atoms. The second kappa shape index (κ2) is 9.79. The quantitative estimate of drug-likeness (QED) is 0.550. The molecule has 1 atom stereocenters. The van der Waals surface area contributed by atoms with E-state index in [0.29, 0.717) is 23.5 Å². The number of benzene rings is 2. The van der Waals surface area contributed by atoms with E-state index in [-0.39, 0.29) is 17.6 Å². The van der Waals surface area contributed by atoms with Gasteiger partial charge in [0.05, 0.1) is 5.69 Å². The maximum absolute atomic E-state index is 12.5. The van der Waals surface area contributed by atoms with E-state index in [2.05, 4.69) is 22.5 Å². The largest absolute Gasteiger partial charge is 0.449 e. The highest BCUT2D eigenvalue weighted by Crippen LogP contribution is 2.32. The monoisotopic (exact) mass is 419 g/mol. The van der Waals surface area contributed by atoms with Crippen molar-refractivity contribution in [3.8, 4) is 5.75 Å². The summed E-state index contributed by atoms with van der Waals surface area (Å²) >= 11 is 0. The number of rotatable bonds is 6. The third kappa shape index (κ3) is 5.52. The Kier molecular flexibility index (Phi) is 6.67. The van der Waals surface area contributed by atoms with Crippen LogP contribution in [0, 0.1) is 5.92 Å².